The van der Waals surface area contributed by atoms with Crippen molar-refractivity contribution in [3.8, 4) is 11.3 Å². The lowest BCUT2D eigenvalue weighted by molar-refractivity contribution is -0.135. The highest BCUT2D eigenvalue weighted by atomic mass is 35.5. The summed E-state index contributed by atoms with van der Waals surface area (Å²) in [5.74, 6) is -0.241. The first-order valence-electron chi connectivity index (χ1n) is 11.6. The van der Waals surface area contributed by atoms with Crippen molar-refractivity contribution in [3.63, 3.8) is 0 Å². The van der Waals surface area contributed by atoms with E-state index in [-0.39, 0.29) is 23.9 Å². The van der Waals surface area contributed by atoms with Gasteiger partial charge in [0.1, 0.15) is 6.54 Å². The van der Waals surface area contributed by atoms with Gasteiger partial charge in [-0.2, -0.15) is 5.10 Å². The summed E-state index contributed by atoms with van der Waals surface area (Å²) in [4.78, 5) is 41.1. The molecule has 0 saturated carbocycles. The molecule has 1 aliphatic heterocycles. The Hall–Kier alpha value is -2.75. The number of nitrogens with zero attached hydrogens (tertiary/aromatic N) is 4. The molecule has 1 amide bonds. The first-order valence-corrected chi connectivity index (χ1v) is 12.8. The van der Waals surface area contributed by atoms with E-state index in [9.17, 15) is 14.4 Å². The molecule has 0 radical (unpaired) electrons. The number of carbonyl (C=O) groups excluding carboxylic acids is 2. The molecule has 0 aliphatic carbocycles. The fourth-order valence-electron chi connectivity index (χ4n) is 3.83. The van der Waals surface area contributed by atoms with Crippen LogP contribution in [0.3, 0.4) is 0 Å². The van der Waals surface area contributed by atoms with E-state index in [0.29, 0.717) is 44.0 Å². The zero-order chi connectivity index (χ0) is 25.2. The smallest absolute Gasteiger partial charge is 0.252 e. The Morgan fingerprint density at radius 2 is 1.86 bits per heavy atom. The van der Waals surface area contributed by atoms with Crippen LogP contribution in [0.15, 0.2) is 41.3 Å². The molecule has 0 aromatic carbocycles. The van der Waals surface area contributed by atoms with Crippen LogP contribution >= 0.6 is 22.9 Å². The summed E-state index contributed by atoms with van der Waals surface area (Å²) in [7, 11) is 0. The maximum absolute atomic E-state index is 13.2. The van der Waals surface area contributed by atoms with Gasteiger partial charge in [0.05, 0.1) is 23.2 Å². The van der Waals surface area contributed by atoms with Crippen LogP contribution in [0.5, 0.6) is 0 Å². The van der Waals surface area contributed by atoms with Crippen LogP contribution in [-0.4, -0.2) is 57.4 Å². The molecule has 4 heterocycles. The molecule has 1 fully saturated rings. The first kappa shape index (κ1) is 25.3. The number of ether oxygens (including phenoxy) is 1. The average Bonchev–Trinajstić information content (AvgIpc) is 3.44. The quantitative estimate of drug-likeness (QED) is 0.498. The van der Waals surface area contributed by atoms with Crippen molar-refractivity contribution in [2.75, 3.05) is 26.3 Å². The third-order valence-electron chi connectivity index (χ3n) is 5.82. The van der Waals surface area contributed by atoms with Gasteiger partial charge >= 0.3 is 0 Å². The Balaban J connectivity index is 1.62. The average molecular weight is 517 g/mol. The van der Waals surface area contributed by atoms with Crippen LogP contribution in [-0.2, 0) is 28.9 Å². The van der Waals surface area contributed by atoms with E-state index in [2.05, 4.69) is 5.10 Å². The molecule has 3 aromatic heterocycles. The summed E-state index contributed by atoms with van der Waals surface area (Å²) in [6.07, 6.45) is 2.98. The largest absolute Gasteiger partial charge is 0.378 e. The molecule has 1 saturated heterocycles. The van der Waals surface area contributed by atoms with Crippen LogP contribution in [0.25, 0.3) is 11.3 Å². The third-order valence-corrected chi connectivity index (χ3v) is 7.11. The number of amides is 1. The number of pyridine rings is 1. The van der Waals surface area contributed by atoms with E-state index in [1.54, 1.807) is 17.2 Å². The second-order valence-corrected chi connectivity index (χ2v) is 11.4. The van der Waals surface area contributed by atoms with Crippen LogP contribution in [0.2, 0.25) is 4.34 Å². The number of halogens is 1. The Kier molecular flexibility index (Phi) is 7.59. The Labute approximate surface area is 213 Å². The molecule has 1 aliphatic rings. The number of aryl methyl sites for hydroxylation is 2. The van der Waals surface area contributed by atoms with Crippen molar-refractivity contribution in [1.29, 1.82) is 0 Å². The van der Waals surface area contributed by atoms with Crippen molar-refractivity contribution < 1.29 is 14.3 Å². The number of aromatic nitrogens is 3. The number of morpholine rings is 1. The lowest BCUT2D eigenvalue weighted by atomic mass is 9.95. The maximum atomic E-state index is 13.2. The zero-order valence-electron chi connectivity index (χ0n) is 20.1. The summed E-state index contributed by atoms with van der Waals surface area (Å²) < 4.78 is 8.90. The van der Waals surface area contributed by atoms with Gasteiger partial charge in [0.2, 0.25) is 5.91 Å². The summed E-state index contributed by atoms with van der Waals surface area (Å²) in [6, 6.07) is 8.84. The normalized spacial score (nSPS) is 14.3. The Morgan fingerprint density at radius 3 is 2.51 bits per heavy atom. The van der Waals surface area contributed by atoms with Crippen LogP contribution in [0, 0.1) is 5.41 Å². The lowest BCUT2D eigenvalue weighted by Gasteiger charge is -2.27. The number of hydrogen-bond donors (Lipinski definition) is 0. The summed E-state index contributed by atoms with van der Waals surface area (Å²) in [5.41, 5.74) is 1.14. The molecule has 10 heteroatoms. The molecule has 35 heavy (non-hydrogen) atoms. The van der Waals surface area contributed by atoms with Crippen LogP contribution in [0.4, 0.5) is 0 Å². The third kappa shape index (κ3) is 6.09. The molecule has 0 spiro atoms. The maximum Gasteiger partial charge on any atom is 0.252 e. The Bertz CT molecular complexity index is 1280. The second-order valence-electron chi connectivity index (χ2n) is 9.57. The number of thiophene rings is 1. The molecular weight excluding hydrogens is 488 g/mol. The van der Waals surface area contributed by atoms with Crippen LogP contribution < -0.4 is 5.56 Å². The van der Waals surface area contributed by atoms with Gasteiger partial charge in [-0.3, -0.25) is 14.4 Å². The molecule has 0 unspecified atom stereocenters. The van der Waals surface area contributed by atoms with Gasteiger partial charge in [0, 0.05) is 46.9 Å². The van der Waals surface area contributed by atoms with Crippen LogP contribution in [0.1, 0.15) is 36.1 Å². The predicted molar refractivity (Wildman–Crippen MR) is 136 cm³/mol. The molecule has 0 atom stereocenters. The first-order chi connectivity index (χ1) is 16.6. The van der Waals surface area contributed by atoms with E-state index in [1.165, 1.54) is 26.7 Å². The van der Waals surface area contributed by atoms with E-state index >= 15 is 0 Å². The van der Waals surface area contributed by atoms with Crippen molar-refractivity contribution in [1.82, 2.24) is 19.2 Å². The van der Waals surface area contributed by atoms with E-state index < -0.39 is 5.41 Å². The van der Waals surface area contributed by atoms with Gasteiger partial charge in [0.25, 0.3) is 11.5 Å². The van der Waals surface area contributed by atoms with E-state index in [4.69, 9.17) is 16.3 Å². The summed E-state index contributed by atoms with van der Waals surface area (Å²) in [5, 5.41) is 4.62. The minimum absolute atomic E-state index is 0.0553. The molecule has 0 bridgehead atoms. The van der Waals surface area contributed by atoms with Gasteiger partial charge in [-0.1, -0.05) is 32.4 Å². The minimum Gasteiger partial charge on any atom is -0.378 e. The molecule has 8 nitrogen and oxygen atoms in total. The van der Waals surface area contributed by atoms with E-state index in [0.717, 1.165) is 21.3 Å². The number of rotatable bonds is 6. The highest BCUT2D eigenvalue weighted by Crippen LogP contribution is 2.26. The lowest BCUT2D eigenvalue weighted by Crippen LogP contribution is -2.43. The van der Waals surface area contributed by atoms with Crippen molar-refractivity contribution in [2.45, 2.75) is 40.2 Å². The van der Waals surface area contributed by atoms with Gasteiger partial charge in [-0.15, -0.1) is 11.3 Å². The number of carbonyl (C=O) groups is 2. The van der Waals surface area contributed by atoms with Crippen molar-refractivity contribution in [3.05, 3.63) is 61.8 Å². The van der Waals surface area contributed by atoms with Crippen molar-refractivity contribution >= 4 is 34.8 Å². The molecule has 4 rings (SSSR count). The topological polar surface area (TPSA) is 86.4 Å². The second kappa shape index (κ2) is 10.5. The highest BCUT2D eigenvalue weighted by Gasteiger charge is 2.27. The fraction of sp³-hybridized carbons (Fsp3) is 0.440. The van der Waals surface area contributed by atoms with Crippen molar-refractivity contribution in [2.24, 2.45) is 5.41 Å². The SMILES string of the molecule is CC(C)(C)C(=O)n1nc(-c2ccc(=O)n(CC(=O)N3CCOCC3)c2)cc1CCc1ccc(Cl)s1. The summed E-state index contributed by atoms with van der Waals surface area (Å²) >= 11 is 7.59. The van der Waals surface area contributed by atoms with Gasteiger partial charge < -0.3 is 14.2 Å². The highest BCUT2D eigenvalue weighted by molar-refractivity contribution is 7.16. The predicted octanol–water partition coefficient (Wildman–Crippen LogP) is 3.76. The van der Waals surface area contributed by atoms with E-state index in [1.807, 2.05) is 39.0 Å². The van der Waals surface area contributed by atoms with Gasteiger partial charge in [-0.05, 0) is 37.1 Å². The standard InChI is InChI=1S/C25H29ClN4O4S/c1-25(2,3)24(33)30-18(5-6-19-7-8-21(26)35-19)14-20(27-30)17-4-9-22(31)29(15-17)16-23(32)28-10-12-34-13-11-28/h4,7-9,14-15H,5-6,10-13,16H2,1-3H3. The zero-order valence-corrected chi connectivity index (χ0v) is 21.7. The van der Waals surface area contributed by atoms with Gasteiger partial charge in [-0.25, -0.2) is 4.68 Å². The summed E-state index contributed by atoms with van der Waals surface area (Å²) in [6.45, 7) is 7.56. The Morgan fingerprint density at radius 1 is 1.11 bits per heavy atom. The molecule has 3 aromatic rings. The number of hydrogen-bond acceptors (Lipinski definition) is 6. The monoisotopic (exact) mass is 516 g/mol. The van der Waals surface area contributed by atoms with Gasteiger partial charge in [0.15, 0.2) is 0 Å². The fourth-order valence-corrected chi connectivity index (χ4v) is 4.92. The molecular formula is C25H29ClN4O4S. The molecule has 186 valence electrons. The molecule has 0 N–H and O–H groups in total. The minimum atomic E-state index is -0.617.